The quantitative estimate of drug-likeness (QED) is 0.861. The third-order valence-corrected chi connectivity index (χ3v) is 5.58. The molecule has 1 unspecified atom stereocenters. The average molecular weight is 380 g/mol. The molecule has 2 aliphatic rings. The predicted octanol–water partition coefficient (Wildman–Crippen LogP) is 3.69. The van der Waals surface area contributed by atoms with E-state index in [0.29, 0.717) is 0 Å². The van der Waals surface area contributed by atoms with Crippen molar-refractivity contribution in [1.82, 2.24) is 4.90 Å². The smallest absolute Gasteiger partial charge is 0.249 e. The summed E-state index contributed by atoms with van der Waals surface area (Å²) in [6.45, 7) is 5.04. The second-order valence-electron chi connectivity index (χ2n) is 7.52. The number of benzene rings is 2. The number of ether oxygens (including phenoxy) is 1. The molecule has 2 aromatic rings. The van der Waals surface area contributed by atoms with Gasteiger partial charge in [0, 0.05) is 37.6 Å². The van der Waals surface area contributed by atoms with Crippen LogP contribution in [0.1, 0.15) is 30.9 Å². The van der Waals surface area contributed by atoms with Gasteiger partial charge in [0.05, 0.1) is 13.2 Å². The first kappa shape index (κ1) is 18.8. The summed E-state index contributed by atoms with van der Waals surface area (Å²) in [5.41, 5.74) is 3.16. The fraction of sp³-hybridized carbons (Fsp3) is 0.435. The molecule has 0 saturated carbocycles. The van der Waals surface area contributed by atoms with Crippen LogP contribution < -0.4 is 10.2 Å². The lowest BCUT2D eigenvalue weighted by Crippen LogP contribution is -2.41. The first-order chi connectivity index (χ1) is 13.8. The Hall–Kier alpha value is -2.53. The van der Waals surface area contributed by atoms with Crippen molar-refractivity contribution in [2.75, 3.05) is 49.6 Å². The van der Waals surface area contributed by atoms with Crippen molar-refractivity contribution < 1.29 is 9.53 Å². The Morgan fingerprint density at radius 3 is 2.39 bits per heavy atom. The van der Waals surface area contributed by atoms with Crippen LogP contribution in [0.25, 0.3) is 0 Å². The molecule has 0 aliphatic carbocycles. The van der Waals surface area contributed by atoms with E-state index in [2.05, 4.69) is 28.4 Å². The van der Waals surface area contributed by atoms with Gasteiger partial charge in [0.25, 0.3) is 0 Å². The van der Waals surface area contributed by atoms with E-state index in [1.54, 1.807) is 0 Å². The molecule has 5 heteroatoms. The summed E-state index contributed by atoms with van der Waals surface area (Å²) in [5.74, 6) is 0.169. The Morgan fingerprint density at radius 1 is 0.893 bits per heavy atom. The van der Waals surface area contributed by atoms with Gasteiger partial charge < -0.3 is 19.9 Å². The van der Waals surface area contributed by atoms with Crippen LogP contribution in [0.5, 0.6) is 0 Å². The second kappa shape index (κ2) is 9.11. The molecule has 1 atom stereocenters. The van der Waals surface area contributed by atoms with Gasteiger partial charge in [0.15, 0.2) is 0 Å². The van der Waals surface area contributed by atoms with Gasteiger partial charge >= 0.3 is 0 Å². The summed E-state index contributed by atoms with van der Waals surface area (Å²) in [6, 6.07) is 18.1. The van der Waals surface area contributed by atoms with Crippen LogP contribution >= 0.6 is 0 Å². The number of hydrogen-bond acceptors (Lipinski definition) is 4. The minimum Gasteiger partial charge on any atom is -0.378 e. The number of amides is 1. The molecule has 0 spiro atoms. The van der Waals surface area contributed by atoms with E-state index < -0.39 is 0 Å². The molecule has 0 bridgehead atoms. The van der Waals surface area contributed by atoms with E-state index in [-0.39, 0.29) is 11.9 Å². The number of likely N-dealkylation sites (tertiary alicyclic amines) is 1. The summed E-state index contributed by atoms with van der Waals surface area (Å²) in [5, 5.41) is 3.52. The Balaban J connectivity index is 1.56. The van der Waals surface area contributed by atoms with Crippen molar-refractivity contribution in [3.8, 4) is 0 Å². The molecule has 2 saturated heterocycles. The van der Waals surface area contributed by atoms with Crippen LogP contribution in [0.15, 0.2) is 54.6 Å². The van der Waals surface area contributed by atoms with Crippen molar-refractivity contribution in [3.63, 3.8) is 0 Å². The van der Waals surface area contributed by atoms with E-state index in [4.69, 9.17) is 4.74 Å². The molecule has 0 radical (unpaired) electrons. The zero-order valence-electron chi connectivity index (χ0n) is 16.3. The van der Waals surface area contributed by atoms with E-state index >= 15 is 0 Å². The third kappa shape index (κ3) is 4.47. The van der Waals surface area contributed by atoms with Gasteiger partial charge in [-0.3, -0.25) is 4.79 Å². The van der Waals surface area contributed by atoms with Crippen LogP contribution in [0.3, 0.4) is 0 Å². The molecule has 4 rings (SSSR count). The fourth-order valence-electron chi connectivity index (χ4n) is 4.01. The molecule has 2 heterocycles. The highest BCUT2D eigenvalue weighted by Gasteiger charge is 2.27. The van der Waals surface area contributed by atoms with E-state index in [1.165, 1.54) is 12.1 Å². The summed E-state index contributed by atoms with van der Waals surface area (Å²) < 4.78 is 5.46. The molecular formula is C23H29N3O2. The second-order valence-corrected chi connectivity index (χ2v) is 7.52. The van der Waals surface area contributed by atoms with Gasteiger partial charge in [0.1, 0.15) is 6.04 Å². The molecular weight excluding hydrogens is 350 g/mol. The standard InChI is InChI=1S/C23H29N3O2/c27-23(26-12-5-2-6-13-26)22(19-8-3-1-4-9-19)24-20-10-7-11-21(18-20)25-14-16-28-17-15-25/h1,3-4,7-11,18,22,24H,2,5-6,12-17H2. The number of carbonyl (C=O) groups is 1. The SMILES string of the molecule is O=C(C(Nc1cccc(N2CCOCC2)c1)c1ccccc1)N1CCCCC1. The predicted molar refractivity (Wildman–Crippen MR) is 113 cm³/mol. The monoisotopic (exact) mass is 379 g/mol. The number of anilines is 2. The Kier molecular flexibility index (Phi) is 6.12. The maximum absolute atomic E-state index is 13.3. The van der Waals surface area contributed by atoms with Crippen LogP contribution in [0.2, 0.25) is 0 Å². The number of nitrogens with zero attached hydrogens (tertiary/aromatic N) is 2. The Bertz CT molecular complexity index is 768. The lowest BCUT2D eigenvalue weighted by Gasteiger charge is -2.32. The number of hydrogen-bond donors (Lipinski definition) is 1. The third-order valence-electron chi connectivity index (χ3n) is 5.58. The Labute approximate surface area is 167 Å². The molecule has 0 aromatic heterocycles. The van der Waals surface area contributed by atoms with Crippen molar-refractivity contribution in [2.45, 2.75) is 25.3 Å². The maximum atomic E-state index is 13.3. The molecule has 1 N–H and O–H groups in total. The molecule has 28 heavy (non-hydrogen) atoms. The zero-order chi connectivity index (χ0) is 19.2. The van der Waals surface area contributed by atoms with Gasteiger partial charge in [-0.1, -0.05) is 36.4 Å². The van der Waals surface area contributed by atoms with E-state index in [0.717, 1.165) is 63.5 Å². The maximum Gasteiger partial charge on any atom is 0.249 e. The number of carbonyl (C=O) groups excluding carboxylic acids is 1. The summed E-state index contributed by atoms with van der Waals surface area (Å²) in [4.78, 5) is 17.7. The summed E-state index contributed by atoms with van der Waals surface area (Å²) >= 11 is 0. The lowest BCUT2D eigenvalue weighted by atomic mass is 10.0. The van der Waals surface area contributed by atoms with Gasteiger partial charge in [-0.05, 0) is 43.0 Å². The largest absolute Gasteiger partial charge is 0.378 e. The Morgan fingerprint density at radius 2 is 1.64 bits per heavy atom. The number of nitrogens with one attached hydrogen (secondary N) is 1. The van der Waals surface area contributed by atoms with Gasteiger partial charge in [-0.25, -0.2) is 0 Å². The molecule has 5 nitrogen and oxygen atoms in total. The number of morpholine rings is 1. The van der Waals surface area contributed by atoms with Crippen LogP contribution in [0, 0.1) is 0 Å². The van der Waals surface area contributed by atoms with Crippen molar-refractivity contribution in [1.29, 1.82) is 0 Å². The topological polar surface area (TPSA) is 44.8 Å². The van der Waals surface area contributed by atoms with Crippen LogP contribution in [-0.4, -0.2) is 50.2 Å². The summed E-state index contributed by atoms with van der Waals surface area (Å²) in [6.07, 6.45) is 3.41. The normalized spacial score (nSPS) is 18.6. The zero-order valence-corrected chi connectivity index (χ0v) is 16.3. The first-order valence-electron chi connectivity index (χ1n) is 10.3. The number of piperidine rings is 1. The molecule has 1 amide bonds. The highest BCUT2D eigenvalue weighted by Crippen LogP contribution is 2.27. The molecule has 148 valence electrons. The molecule has 2 aliphatic heterocycles. The van der Waals surface area contributed by atoms with E-state index in [1.807, 2.05) is 41.3 Å². The van der Waals surface area contributed by atoms with Crippen molar-refractivity contribution in [3.05, 3.63) is 60.2 Å². The number of rotatable bonds is 5. The minimum absolute atomic E-state index is 0.169. The van der Waals surface area contributed by atoms with Crippen molar-refractivity contribution in [2.24, 2.45) is 0 Å². The van der Waals surface area contributed by atoms with Gasteiger partial charge in [-0.2, -0.15) is 0 Å². The lowest BCUT2D eigenvalue weighted by molar-refractivity contribution is -0.133. The van der Waals surface area contributed by atoms with Crippen LogP contribution in [-0.2, 0) is 9.53 Å². The van der Waals surface area contributed by atoms with E-state index in [9.17, 15) is 4.79 Å². The average Bonchev–Trinajstić information content (AvgIpc) is 2.79. The van der Waals surface area contributed by atoms with Crippen molar-refractivity contribution >= 4 is 17.3 Å². The summed E-state index contributed by atoms with van der Waals surface area (Å²) in [7, 11) is 0. The molecule has 2 aromatic carbocycles. The highest BCUT2D eigenvalue weighted by atomic mass is 16.5. The first-order valence-corrected chi connectivity index (χ1v) is 10.3. The highest BCUT2D eigenvalue weighted by molar-refractivity contribution is 5.86. The fourth-order valence-corrected chi connectivity index (χ4v) is 4.01. The van der Waals surface area contributed by atoms with Gasteiger partial charge in [-0.15, -0.1) is 0 Å². The minimum atomic E-state index is -0.362. The van der Waals surface area contributed by atoms with Crippen LogP contribution in [0.4, 0.5) is 11.4 Å². The van der Waals surface area contributed by atoms with Gasteiger partial charge in [0.2, 0.25) is 5.91 Å². The molecule has 2 fully saturated rings.